The molecule has 2 rings (SSSR count). The average Bonchev–Trinajstić information content (AvgIpc) is 2.22. The van der Waals surface area contributed by atoms with Crippen LogP contribution in [-0.4, -0.2) is 22.8 Å². The highest BCUT2D eigenvalue weighted by molar-refractivity contribution is 9.09. The van der Waals surface area contributed by atoms with Crippen molar-refractivity contribution in [1.29, 1.82) is 0 Å². The van der Waals surface area contributed by atoms with E-state index in [1.165, 1.54) is 37.1 Å². The van der Waals surface area contributed by atoms with Crippen molar-refractivity contribution in [2.24, 2.45) is 0 Å². The van der Waals surface area contributed by atoms with Crippen molar-refractivity contribution in [1.82, 2.24) is 4.90 Å². The summed E-state index contributed by atoms with van der Waals surface area (Å²) in [4.78, 5) is 3.29. The molecule has 1 aromatic carbocycles. The molecule has 0 radical (unpaired) electrons. The molecule has 1 heterocycles. The molecule has 1 fully saturated rings. The number of halogens is 1. The van der Waals surface area contributed by atoms with Crippen molar-refractivity contribution in [3.63, 3.8) is 0 Å². The second-order valence-corrected chi connectivity index (χ2v) is 5.73. The van der Waals surface area contributed by atoms with Crippen molar-refractivity contribution < 1.29 is 0 Å². The fourth-order valence-corrected chi connectivity index (χ4v) is 2.54. The predicted octanol–water partition coefficient (Wildman–Crippen LogP) is 3.35. The van der Waals surface area contributed by atoms with E-state index in [2.05, 4.69) is 52.0 Å². The van der Waals surface area contributed by atoms with Crippen LogP contribution in [0.3, 0.4) is 0 Å². The predicted molar refractivity (Wildman–Crippen MR) is 68.4 cm³/mol. The Morgan fingerprint density at radius 2 is 2.07 bits per heavy atom. The van der Waals surface area contributed by atoms with E-state index in [-0.39, 0.29) is 0 Å². The van der Waals surface area contributed by atoms with E-state index in [9.17, 15) is 0 Å². The molecule has 1 saturated heterocycles. The molecule has 0 unspecified atom stereocenters. The molecule has 1 aliphatic heterocycles. The first-order valence-corrected chi connectivity index (χ1v) is 6.57. The first-order valence-electron chi connectivity index (χ1n) is 5.66. The van der Waals surface area contributed by atoms with Crippen molar-refractivity contribution in [2.45, 2.75) is 31.1 Å². The zero-order valence-electron chi connectivity index (χ0n) is 9.25. The molecule has 0 atom stereocenters. The maximum Gasteiger partial charge on any atom is 0.0233 e. The van der Waals surface area contributed by atoms with E-state index in [0.29, 0.717) is 0 Å². The lowest BCUT2D eigenvalue weighted by Gasteiger charge is -2.29. The molecule has 0 amide bonds. The van der Waals surface area contributed by atoms with Gasteiger partial charge in [0.15, 0.2) is 0 Å². The molecule has 0 bridgehead atoms. The summed E-state index contributed by atoms with van der Waals surface area (Å²) in [5, 5.41) is 0. The van der Waals surface area contributed by atoms with Crippen LogP contribution in [-0.2, 0) is 6.54 Å². The third kappa shape index (κ3) is 3.32. The fraction of sp³-hybridized carbons (Fsp3) is 0.538. The third-order valence-electron chi connectivity index (χ3n) is 3.01. The number of aryl methyl sites for hydroxylation is 1. The van der Waals surface area contributed by atoms with Crippen LogP contribution in [0.15, 0.2) is 24.3 Å². The van der Waals surface area contributed by atoms with Gasteiger partial charge >= 0.3 is 0 Å². The summed E-state index contributed by atoms with van der Waals surface area (Å²) in [5.41, 5.74) is 2.81. The van der Waals surface area contributed by atoms with Gasteiger partial charge in [-0.2, -0.15) is 0 Å². The molecule has 0 aromatic heterocycles. The maximum atomic E-state index is 3.69. The Kier molecular flexibility index (Phi) is 3.81. The minimum Gasteiger partial charge on any atom is -0.299 e. The Morgan fingerprint density at radius 1 is 1.33 bits per heavy atom. The molecule has 0 saturated carbocycles. The second kappa shape index (κ2) is 5.13. The third-order valence-corrected chi connectivity index (χ3v) is 3.92. The number of nitrogens with zero attached hydrogens (tertiary/aromatic N) is 1. The van der Waals surface area contributed by atoms with Crippen molar-refractivity contribution >= 4 is 15.9 Å². The maximum absolute atomic E-state index is 3.69. The normalized spacial score (nSPS) is 19.3. The fourth-order valence-electron chi connectivity index (χ4n) is 2.13. The number of rotatable bonds is 2. The van der Waals surface area contributed by atoms with Crippen molar-refractivity contribution in [3.8, 4) is 0 Å². The second-order valence-electron chi connectivity index (χ2n) is 4.44. The van der Waals surface area contributed by atoms with Crippen LogP contribution in [0.25, 0.3) is 0 Å². The van der Waals surface area contributed by atoms with Crippen LogP contribution in [0.2, 0.25) is 0 Å². The van der Waals surface area contributed by atoms with E-state index in [4.69, 9.17) is 0 Å². The molecule has 0 aliphatic carbocycles. The zero-order chi connectivity index (χ0) is 10.7. The quantitative estimate of drug-likeness (QED) is 0.743. The number of hydrogen-bond acceptors (Lipinski definition) is 1. The minimum atomic E-state index is 0.742. The van der Waals surface area contributed by atoms with E-state index in [0.717, 1.165) is 11.4 Å². The van der Waals surface area contributed by atoms with Crippen LogP contribution in [0, 0.1) is 6.92 Å². The molecule has 1 nitrogen and oxygen atoms in total. The highest BCUT2D eigenvalue weighted by atomic mass is 79.9. The Labute approximate surface area is 101 Å². The molecule has 82 valence electrons. The Hall–Kier alpha value is -0.340. The van der Waals surface area contributed by atoms with Gasteiger partial charge in [0.05, 0.1) is 0 Å². The van der Waals surface area contributed by atoms with E-state index >= 15 is 0 Å². The summed E-state index contributed by atoms with van der Waals surface area (Å²) in [6.45, 7) is 5.73. The molecule has 2 heteroatoms. The largest absolute Gasteiger partial charge is 0.299 e. The molecular weight excluding hydrogens is 250 g/mol. The van der Waals surface area contributed by atoms with Crippen LogP contribution >= 0.6 is 15.9 Å². The van der Waals surface area contributed by atoms with Gasteiger partial charge in [0, 0.05) is 11.4 Å². The first-order chi connectivity index (χ1) is 7.24. The zero-order valence-corrected chi connectivity index (χ0v) is 10.8. The van der Waals surface area contributed by atoms with Crippen LogP contribution in [0.4, 0.5) is 0 Å². The smallest absolute Gasteiger partial charge is 0.0233 e. The Balaban J connectivity index is 1.92. The van der Waals surface area contributed by atoms with Crippen LogP contribution in [0.5, 0.6) is 0 Å². The van der Waals surface area contributed by atoms with Gasteiger partial charge in [-0.15, -0.1) is 0 Å². The number of alkyl halides is 1. The number of benzene rings is 1. The molecular formula is C13H18BrN. The van der Waals surface area contributed by atoms with Gasteiger partial charge in [-0.25, -0.2) is 0 Å². The van der Waals surface area contributed by atoms with Crippen LogP contribution < -0.4 is 0 Å². The number of piperidine rings is 1. The van der Waals surface area contributed by atoms with Gasteiger partial charge < -0.3 is 0 Å². The molecule has 15 heavy (non-hydrogen) atoms. The standard InChI is InChI=1S/C13H18BrN/c1-11-3-2-4-12(9-11)10-15-7-5-13(14)6-8-15/h2-4,9,13H,5-8,10H2,1H3. The van der Waals surface area contributed by atoms with Crippen molar-refractivity contribution in [3.05, 3.63) is 35.4 Å². The summed E-state index contributed by atoms with van der Waals surface area (Å²) in [6, 6.07) is 8.84. The summed E-state index contributed by atoms with van der Waals surface area (Å²) in [5.74, 6) is 0. The van der Waals surface area contributed by atoms with E-state index in [1.807, 2.05) is 0 Å². The number of likely N-dealkylation sites (tertiary alicyclic amines) is 1. The Bertz CT molecular complexity index is 316. The summed E-state index contributed by atoms with van der Waals surface area (Å²) >= 11 is 3.69. The minimum absolute atomic E-state index is 0.742. The monoisotopic (exact) mass is 267 g/mol. The SMILES string of the molecule is Cc1cccc(CN2CCC(Br)CC2)c1. The molecule has 0 N–H and O–H groups in total. The highest BCUT2D eigenvalue weighted by Gasteiger charge is 2.16. The average molecular weight is 268 g/mol. The van der Waals surface area contributed by atoms with Gasteiger partial charge in [0.25, 0.3) is 0 Å². The summed E-state index contributed by atoms with van der Waals surface area (Å²) in [6.07, 6.45) is 2.57. The van der Waals surface area contributed by atoms with Gasteiger partial charge in [0.2, 0.25) is 0 Å². The highest BCUT2D eigenvalue weighted by Crippen LogP contribution is 2.19. The van der Waals surface area contributed by atoms with Crippen molar-refractivity contribution in [2.75, 3.05) is 13.1 Å². The Morgan fingerprint density at radius 3 is 2.73 bits per heavy atom. The topological polar surface area (TPSA) is 3.24 Å². The van der Waals surface area contributed by atoms with Gasteiger partial charge in [0.1, 0.15) is 0 Å². The molecule has 0 spiro atoms. The first kappa shape index (κ1) is 11.2. The molecule has 1 aromatic rings. The lowest BCUT2D eigenvalue weighted by molar-refractivity contribution is 0.226. The number of hydrogen-bond donors (Lipinski definition) is 0. The summed E-state index contributed by atoms with van der Waals surface area (Å²) < 4.78 is 0. The van der Waals surface area contributed by atoms with Gasteiger partial charge in [-0.1, -0.05) is 45.8 Å². The molecule has 1 aliphatic rings. The summed E-state index contributed by atoms with van der Waals surface area (Å²) in [7, 11) is 0. The van der Waals surface area contributed by atoms with Gasteiger partial charge in [-0.05, 0) is 38.4 Å². The lowest BCUT2D eigenvalue weighted by Crippen LogP contribution is -2.33. The van der Waals surface area contributed by atoms with Crippen LogP contribution in [0.1, 0.15) is 24.0 Å². The lowest BCUT2D eigenvalue weighted by atomic mass is 10.1. The van der Waals surface area contributed by atoms with E-state index < -0.39 is 0 Å². The van der Waals surface area contributed by atoms with E-state index in [1.54, 1.807) is 0 Å². The van der Waals surface area contributed by atoms with Gasteiger partial charge in [-0.3, -0.25) is 4.90 Å².